The molecule has 0 aliphatic rings. The number of hydrogen-bond donors (Lipinski definition) is 2. The molecule has 0 fully saturated rings. The van der Waals surface area contributed by atoms with Gasteiger partial charge in [0.1, 0.15) is 0 Å². The van der Waals surface area contributed by atoms with Crippen LogP contribution >= 0.6 is 11.3 Å². The molecule has 1 atom stereocenters. The van der Waals surface area contributed by atoms with E-state index in [4.69, 9.17) is 0 Å². The first kappa shape index (κ1) is 13.5. The Morgan fingerprint density at radius 3 is 2.53 bits per heavy atom. The van der Waals surface area contributed by atoms with Crippen molar-refractivity contribution in [2.75, 3.05) is 36.7 Å². The minimum atomic E-state index is 0.161. The van der Waals surface area contributed by atoms with Crippen LogP contribution in [0.4, 0.5) is 17.8 Å². The first-order valence-corrected chi connectivity index (χ1v) is 6.94. The molecule has 7 heteroatoms. The molecule has 2 aromatic rings. The Kier molecular flexibility index (Phi) is 4.16. The Balaban J connectivity index is 2.21. The lowest BCUT2D eigenvalue weighted by Crippen LogP contribution is -2.17. The molecule has 102 valence electrons. The van der Waals surface area contributed by atoms with E-state index in [-0.39, 0.29) is 6.04 Å². The van der Waals surface area contributed by atoms with E-state index in [9.17, 15) is 0 Å². The summed E-state index contributed by atoms with van der Waals surface area (Å²) in [5.74, 6) is 1.75. The van der Waals surface area contributed by atoms with Crippen molar-refractivity contribution >= 4 is 29.2 Å². The molecule has 2 N–H and O–H groups in total. The van der Waals surface area contributed by atoms with Crippen molar-refractivity contribution in [1.82, 2.24) is 15.0 Å². The fourth-order valence-electron chi connectivity index (χ4n) is 1.54. The van der Waals surface area contributed by atoms with Crippen molar-refractivity contribution in [2.45, 2.75) is 13.0 Å². The Morgan fingerprint density at radius 1 is 1.21 bits per heavy atom. The molecular formula is C12H18N6S. The molecule has 0 aliphatic carbocycles. The van der Waals surface area contributed by atoms with Gasteiger partial charge in [-0.2, -0.15) is 26.3 Å². The van der Waals surface area contributed by atoms with Gasteiger partial charge in [-0.25, -0.2) is 0 Å². The molecule has 0 spiro atoms. The molecule has 1 unspecified atom stereocenters. The van der Waals surface area contributed by atoms with E-state index in [1.807, 2.05) is 19.0 Å². The van der Waals surface area contributed by atoms with Crippen molar-refractivity contribution in [3.8, 4) is 0 Å². The van der Waals surface area contributed by atoms with Crippen molar-refractivity contribution in [1.29, 1.82) is 0 Å². The summed E-state index contributed by atoms with van der Waals surface area (Å²) in [6.07, 6.45) is 0. The summed E-state index contributed by atoms with van der Waals surface area (Å²) < 4.78 is 0. The van der Waals surface area contributed by atoms with E-state index in [0.717, 1.165) is 0 Å². The third-order valence-corrected chi connectivity index (χ3v) is 3.34. The van der Waals surface area contributed by atoms with Crippen LogP contribution in [-0.2, 0) is 0 Å². The molecule has 0 saturated carbocycles. The maximum atomic E-state index is 4.39. The van der Waals surface area contributed by atoms with E-state index >= 15 is 0 Å². The monoisotopic (exact) mass is 278 g/mol. The lowest BCUT2D eigenvalue weighted by molar-refractivity contribution is 0.852. The maximum Gasteiger partial charge on any atom is 0.231 e. The van der Waals surface area contributed by atoms with Gasteiger partial charge in [-0.1, -0.05) is 0 Å². The highest BCUT2D eigenvalue weighted by Crippen LogP contribution is 2.20. The van der Waals surface area contributed by atoms with Crippen LogP contribution in [0.15, 0.2) is 16.8 Å². The Morgan fingerprint density at radius 2 is 1.95 bits per heavy atom. The average molecular weight is 278 g/mol. The second-order valence-electron chi connectivity index (χ2n) is 4.35. The fraction of sp³-hybridized carbons (Fsp3) is 0.417. The van der Waals surface area contributed by atoms with Crippen LogP contribution < -0.4 is 15.5 Å². The average Bonchev–Trinajstić information content (AvgIpc) is 2.92. The molecule has 0 radical (unpaired) electrons. The summed E-state index contributed by atoms with van der Waals surface area (Å²) in [6.45, 7) is 2.08. The number of aromatic nitrogens is 3. The van der Waals surface area contributed by atoms with Gasteiger partial charge in [0.2, 0.25) is 17.8 Å². The van der Waals surface area contributed by atoms with Crippen LogP contribution in [0, 0.1) is 0 Å². The van der Waals surface area contributed by atoms with Gasteiger partial charge in [0, 0.05) is 21.1 Å². The molecule has 0 aromatic carbocycles. The van der Waals surface area contributed by atoms with Gasteiger partial charge < -0.3 is 15.5 Å². The minimum absolute atomic E-state index is 0.161. The predicted octanol–water partition coefficient (Wildman–Crippen LogP) is 2.21. The third kappa shape index (κ3) is 3.31. The van der Waals surface area contributed by atoms with Gasteiger partial charge in [0.25, 0.3) is 0 Å². The van der Waals surface area contributed by atoms with Crippen LogP contribution in [0.1, 0.15) is 18.5 Å². The summed E-state index contributed by atoms with van der Waals surface area (Å²) in [5.41, 5.74) is 1.22. The molecule has 0 saturated heterocycles. The zero-order chi connectivity index (χ0) is 13.8. The van der Waals surface area contributed by atoms with Crippen LogP contribution in [0.3, 0.4) is 0 Å². The van der Waals surface area contributed by atoms with Gasteiger partial charge in [0.15, 0.2) is 0 Å². The number of nitrogens with one attached hydrogen (secondary N) is 2. The highest BCUT2D eigenvalue weighted by atomic mass is 32.1. The van der Waals surface area contributed by atoms with Gasteiger partial charge in [-0.3, -0.25) is 0 Å². The Labute approximate surface area is 116 Å². The number of thiophene rings is 1. The van der Waals surface area contributed by atoms with Gasteiger partial charge in [0.05, 0.1) is 6.04 Å². The van der Waals surface area contributed by atoms with Gasteiger partial charge in [-0.05, 0) is 29.3 Å². The largest absolute Gasteiger partial charge is 0.357 e. The zero-order valence-electron chi connectivity index (χ0n) is 11.5. The van der Waals surface area contributed by atoms with Crippen molar-refractivity contribution in [3.63, 3.8) is 0 Å². The van der Waals surface area contributed by atoms with E-state index in [2.05, 4.69) is 49.3 Å². The summed E-state index contributed by atoms with van der Waals surface area (Å²) in [6, 6.07) is 2.25. The lowest BCUT2D eigenvalue weighted by Gasteiger charge is -2.16. The zero-order valence-corrected chi connectivity index (χ0v) is 12.3. The van der Waals surface area contributed by atoms with E-state index in [0.29, 0.717) is 17.8 Å². The standard InChI is InChI=1S/C12H18N6S/c1-8(9-5-6-19-7-9)14-11-15-10(13-2)16-12(17-11)18(3)4/h5-8H,1-4H3,(H2,13,14,15,16,17). The highest BCUT2D eigenvalue weighted by Gasteiger charge is 2.11. The second-order valence-corrected chi connectivity index (χ2v) is 5.13. The van der Waals surface area contributed by atoms with Gasteiger partial charge >= 0.3 is 0 Å². The van der Waals surface area contributed by atoms with Crippen molar-refractivity contribution in [3.05, 3.63) is 22.4 Å². The van der Waals surface area contributed by atoms with Crippen LogP contribution in [0.2, 0.25) is 0 Å². The maximum absolute atomic E-state index is 4.39. The molecule has 2 aromatic heterocycles. The Hall–Kier alpha value is -1.89. The normalized spacial score (nSPS) is 12.0. The molecule has 2 heterocycles. The van der Waals surface area contributed by atoms with Gasteiger partial charge in [-0.15, -0.1) is 0 Å². The number of anilines is 3. The van der Waals surface area contributed by atoms with Crippen molar-refractivity contribution in [2.24, 2.45) is 0 Å². The predicted molar refractivity (Wildman–Crippen MR) is 80.1 cm³/mol. The second kappa shape index (κ2) is 5.83. The molecule has 0 amide bonds. The molecule has 19 heavy (non-hydrogen) atoms. The molecule has 0 bridgehead atoms. The highest BCUT2D eigenvalue weighted by molar-refractivity contribution is 7.07. The molecule has 0 aliphatic heterocycles. The summed E-state index contributed by atoms with van der Waals surface area (Å²) in [7, 11) is 5.60. The summed E-state index contributed by atoms with van der Waals surface area (Å²) >= 11 is 1.68. The Bertz CT molecular complexity index is 525. The number of rotatable bonds is 5. The quantitative estimate of drug-likeness (QED) is 0.874. The number of hydrogen-bond acceptors (Lipinski definition) is 7. The smallest absolute Gasteiger partial charge is 0.231 e. The first-order valence-electron chi connectivity index (χ1n) is 6.00. The molecule has 6 nitrogen and oxygen atoms in total. The third-order valence-electron chi connectivity index (χ3n) is 2.64. The summed E-state index contributed by atoms with van der Waals surface area (Å²) in [4.78, 5) is 14.8. The lowest BCUT2D eigenvalue weighted by atomic mass is 10.2. The minimum Gasteiger partial charge on any atom is -0.357 e. The van der Waals surface area contributed by atoms with E-state index in [1.165, 1.54) is 5.56 Å². The SMILES string of the molecule is CNc1nc(NC(C)c2ccsc2)nc(N(C)C)n1. The topological polar surface area (TPSA) is 66.0 Å². The number of nitrogens with zero attached hydrogens (tertiary/aromatic N) is 4. The molecule has 2 rings (SSSR count). The van der Waals surface area contributed by atoms with E-state index < -0.39 is 0 Å². The molecular weight excluding hydrogens is 260 g/mol. The van der Waals surface area contributed by atoms with Crippen LogP contribution in [0.5, 0.6) is 0 Å². The fourth-order valence-corrected chi connectivity index (χ4v) is 2.29. The first-order chi connectivity index (χ1) is 9.10. The summed E-state index contributed by atoms with van der Waals surface area (Å²) in [5, 5.41) is 10.4. The van der Waals surface area contributed by atoms with Crippen LogP contribution in [0.25, 0.3) is 0 Å². The van der Waals surface area contributed by atoms with E-state index in [1.54, 1.807) is 18.4 Å². The van der Waals surface area contributed by atoms with Crippen molar-refractivity contribution < 1.29 is 0 Å². The van der Waals surface area contributed by atoms with Crippen LogP contribution in [-0.4, -0.2) is 36.1 Å².